The minimum absolute atomic E-state index is 0.124. The molecule has 0 saturated carbocycles. The number of imide groups is 1. The van der Waals surface area contributed by atoms with E-state index < -0.39 is 85.6 Å². The second-order valence-corrected chi connectivity index (χ2v) is 14.8. The van der Waals surface area contributed by atoms with Gasteiger partial charge in [0.25, 0.3) is 11.8 Å². The molecule has 1 fully saturated rings. The smallest absolute Gasteiger partial charge is 0.387 e. The number of para-hydroxylation sites is 3. The van der Waals surface area contributed by atoms with Crippen LogP contribution in [0.4, 0.5) is 13.6 Å². The predicted molar refractivity (Wildman–Crippen MR) is 160 cm³/mol. The fourth-order valence-electron chi connectivity index (χ4n) is 4.63. The Bertz CT molecular complexity index is 1740. The Kier molecular flexibility index (Phi) is 11.3. The summed E-state index contributed by atoms with van der Waals surface area (Å²) < 4.78 is 91.6. The Balaban J connectivity index is 1.67. The van der Waals surface area contributed by atoms with Crippen LogP contribution in [-0.4, -0.2) is 113 Å². The van der Waals surface area contributed by atoms with Gasteiger partial charge in [0.15, 0.2) is 15.4 Å². The van der Waals surface area contributed by atoms with E-state index in [-0.39, 0.29) is 43.9 Å². The van der Waals surface area contributed by atoms with Gasteiger partial charge in [-0.1, -0.05) is 30.3 Å². The third-order valence-electron chi connectivity index (χ3n) is 6.76. The van der Waals surface area contributed by atoms with Crippen LogP contribution in [0.1, 0.15) is 22.7 Å². The van der Waals surface area contributed by atoms with Crippen LogP contribution < -0.4 is 10.1 Å². The van der Waals surface area contributed by atoms with Gasteiger partial charge in [-0.3, -0.25) is 14.5 Å². The first-order valence-corrected chi connectivity index (χ1v) is 17.9. The second-order valence-electron chi connectivity index (χ2n) is 10.4. The molecule has 4 rings (SSSR count). The maximum Gasteiger partial charge on any atom is 0.387 e. The van der Waals surface area contributed by atoms with Crippen LogP contribution in [0.25, 0.3) is 11.1 Å². The number of alkyl halides is 2. The van der Waals surface area contributed by atoms with E-state index in [4.69, 9.17) is 9.15 Å². The third kappa shape index (κ3) is 9.67. The summed E-state index contributed by atoms with van der Waals surface area (Å²) in [5, 5.41) is 2.38. The maximum atomic E-state index is 14.0. The van der Waals surface area contributed by atoms with Crippen LogP contribution in [0, 0.1) is 0 Å². The molecule has 2 heterocycles. The largest absolute Gasteiger partial charge is 0.435 e. The van der Waals surface area contributed by atoms with Gasteiger partial charge in [0.1, 0.15) is 27.1 Å². The number of nitrogens with one attached hydrogen (secondary N) is 1. The van der Waals surface area contributed by atoms with Crippen molar-refractivity contribution in [1.29, 1.82) is 0 Å². The van der Waals surface area contributed by atoms with E-state index in [1.807, 2.05) is 0 Å². The van der Waals surface area contributed by atoms with E-state index in [1.165, 1.54) is 29.2 Å². The standard InChI is InChI=1S/C28H32F2N4O10S2/c1-45(38,39)16-6-11-34(26(36)24-31-20-8-3-5-10-23(20)43-24)25(35)21(32-28(37)33-12-14-42-15-13-33)18-46(40,41)17-19-7-2-4-9-22(19)44-27(29)30/h2-5,7-10,21,27H,6,11-18H2,1H3,(H,32,37). The molecular weight excluding hydrogens is 654 g/mol. The molecule has 1 aromatic heterocycles. The number of rotatable bonds is 13. The van der Waals surface area contributed by atoms with Crippen molar-refractivity contribution in [1.82, 2.24) is 20.1 Å². The Hall–Kier alpha value is -4.16. The number of carbonyl (C=O) groups is 3. The van der Waals surface area contributed by atoms with Crippen molar-refractivity contribution in [2.45, 2.75) is 24.8 Å². The summed E-state index contributed by atoms with van der Waals surface area (Å²) in [5.41, 5.74) is 0.388. The first kappa shape index (κ1) is 34.7. The molecule has 3 aromatic rings. The number of hydrogen-bond acceptors (Lipinski definition) is 11. The highest BCUT2D eigenvalue weighted by molar-refractivity contribution is 7.90. The zero-order valence-corrected chi connectivity index (χ0v) is 26.3. The zero-order chi connectivity index (χ0) is 33.5. The van der Waals surface area contributed by atoms with Crippen molar-refractivity contribution in [2.24, 2.45) is 0 Å². The fourth-order valence-corrected chi connectivity index (χ4v) is 6.85. The van der Waals surface area contributed by atoms with E-state index in [0.29, 0.717) is 10.4 Å². The number of sulfone groups is 2. The molecule has 0 spiro atoms. The Morgan fingerprint density at radius 1 is 1.04 bits per heavy atom. The van der Waals surface area contributed by atoms with Crippen LogP contribution in [0.3, 0.4) is 0 Å². The van der Waals surface area contributed by atoms with Crippen LogP contribution in [0.15, 0.2) is 52.9 Å². The number of ether oxygens (including phenoxy) is 2. The minimum atomic E-state index is -4.38. The number of carbonyl (C=O) groups excluding carboxylic acids is 3. The highest BCUT2D eigenvalue weighted by Gasteiger charge is 2.37. The average Bonchev–Trinajstić information content (AvgIpc) is 3.43. The van der Waals surface area contributed by atoms with Gasteiger partial charge in [0.2, 0.25) is 0 Å². The quantitative estimate of drug-likeness (QED) is 0.277. The van der Waals surface area contributed by atoms with Crippen molar-refractivity contribution in [2.75, 3.05) is 50.6 Å². The van der Waals surface area contributed by atoms with E-state index in [0.717, 1.165) is 12.3 Å². The van der Waals surface area contributed by atoms with Gasteiger partial charge < -0.3 is 24.1 Å². The molecule has 1 atom stereocenters. The number of benzene rings is 2. The van der Waals surface area contributed by atoms with Crippen molar-refractivity contribution in [3.8, 4) is 5.75 Å². The van der Waals surface area contributed by atoms with Gasteiger partial charge >= 0.3 is 18.5 Å². The molecule has 18 heteroatoms. The zero-order valence-electron chi connectivity index (χ0n) is 24.6. The van der Waals surface area contributed by atoms with Gasteiger partial charge in [-0.2, -0.15) is 8.78 Å². The molecule has 1 unspecified atom stereocenters. The summed E-state index contributed by atoms with van der Waals surface area (Å²) in [7, 11) is -7.90. The lowest BCUT2D eigenvalue weighted by Gasteiger charge is -2.30. The molecule has 1 saturated heterocycles. The summed E-state index contributed by atoms with van der Waals surface area (Å²) in [5.74, 6) is -5.49. The van der Waals surface area contributed by atoms with E-state index in [2.05, 4.69) is 15.0 Å². The molecule has 14 nitrogen and oxygen atoms in total. The fraction of sp³-hybridized carbons (Fsp3) is 0.429. The van der Waals surface area contributed by atoms with Gasteiger partial charge in [0.05, 0.1) is 30.5 Å². The maximum absolute atomic E-state index is 14.0. The second kappa shape index (κ2) is 15.0. The highest BCUT2D eigenvalue weighted by atomic mass is 32.2. The summed E-state index contributed by atoms with van der Waals surface area (Å²) in [6.07, 6.45) is 0.751. The molecule has 0 bridgehead atoms. The topological polar surface area (TPSA) is 182 Å². The minimum Gasteiger partial charge on any atom is -0.435 e. The van der Waals surface area contributed by atoms with Crippen LogP contribution in [0.2, 0.25) is 0 Å². The normalized spacial score (nSPS) is 14.7. The monoisotopic (exact) mass is 686 g/mol. The van der Waals surface area contributed by atoms with Crippen LogP contribution >= 0.6 is 0 Å². The molecule has 46 heavy (non-hydrogen) atoms. The van der Waals surface area contributed by atoms with Gasteiger partial charge in [-0.05, 0) is 24.6 Å². The van der Waals surface area contributed by atoms with Crippen LogP contribution in [-0.2, 0) is 35.0 Å². The summed E-state index contributed by atoms with van der Waals surface area (Å²) in [6, 6.07) is 8.86. The SMILES string of the molecule is CS(=O)(=O)CCCN(C(=O)c1nc2ccccc2o1)C(=O)C(CS(=O)(=O)Cc1ccccc1OC(F)F)NC(=O)N1CCOCC1. The lowest BCUT2D eigenvalue weighted by molar-refractivity contribution is -0.130. The predicted octanol–water partition coefficient (Wildman–Crippen LogP) is 1.86. The van der Waals surface area contributed by atoms with Crippen molar-refractivity contribution in [3.63, 3.8) is 0 Å². The molecule has 4 amide bonds. The van der Waals surface area contributed by atoms with Crippen molar-refractivity contribution >= 4 is 48.6 Å². The summed E-state index contributed by atoms with van der Waals surface area (Å²) in [4.78, 5) is 46.8. The average molecular weight is 687 g/mol. The lowest BCUT2D eigenvalue weighted by atomic mass is 10.2. The lowest BCUT2D eigenvalue weighted by Crippen LogP contribution is -2.57. The first-order valence-electron chi connectivity index (χ1n) is 14.0. The van der Waals surface area contributed by atoms with E-state index >= 15 is 0 Å². The Morgan fingerprint density at radius 2 is 1.72 bits per heavy atom. The molecular formula is C28H32F2N4O10S2. The summed E-state index contributed by atoms with van der Waals surface area (Å²) >= 11 is 0. The number of urea groups is 1. The van der Waals surface area contributed by atoms with Gasteiger partial charge in [0, 0.05) is 31.5 Å². The Labute approximate surface area is 263 Å². The van der Waals surface area contributed by atoms with Crippen LogP contribution in [0.5, 0.6) is 5.75 Å². The molecule has 1 aliphatic rings. The molecule has 1 N–H and O–H groups in total. The first-order chi connectivity index (χ1) is 21.7. The van der Waals surface area contributed by atoms with Gasteiger partial charge in [-0.15, -0.1) is 0 Å². The molecule has 0 aliphatic carbocycles. The number of nitrogens with zero attached hydrogens (tertiary/aromatic N) is 3. The number of halogens is 2. The number of aromatic nitrogens is 1. The number of hydrogen-bond donors (Lipinski definition) is 1. The molecule has 1 aliphatic heterocycles. The van der Waals surface area contributed by atoms with Gasteiger partial charge in [-0.25, -0.2) is 26.6 Å². The Morgan fingerprint density at radius 3 is 2.39 bits per heavy atom. The molecule has 0 radical (unpaired) electrons. The third-order valence-corrected chi connectivity index (χ3v) is 9.39. The molecule has 250 valence electrons. The van der Waals surface area contributed by atoms with E-state index in [1.54, 1.807) is 18.2 Å². The highest BCUT2D eigenvalue weighted by Crippen LogP contribution is 2.23. The number of amides is 4. The number of morpholine rings is 1. The van der Waals surface area contributed by atoms with E-state index in [9.17, 15) is 40.0 Å². The van der Waals surface area contributed by atoms with Crippen molar-refractivity contribution < 1.29 is 53.9 Å². The number of fused-ring (bicyclic) bond motifs is 1. The number of oxazole rings is 1. The summed E-state index contributed by atoms with van der Waals surface area (Å²) in [6.45, 7) is -3.06. The van der Waals surface area contributed by atoms with Crippen molar-refractivity contribution in [3.05, 3.63) is 60.0 Å². The molecule has 2 aromatic carbocycles.